The molecule has 0 atom stereocenters. The van der Waals surface area contributed by atoms with Crippen molar-refractivity contribution in [3.63, 3.8) is 0 Å². The maximum atomic E-state index is 11.9. The summed E-state index contributed by atoms with van der Waals surface area (Å²) in [7, 11) is 0. The van der Waals surface area contributed by atoms with Crippen LogP contribution in [-0.2, 0) is 4.79 Å². The average molecular weight is 285 g/mol. The lowest BCUT2D eigenvalue weighted by Gasteiger charge is -2.12. The number of rotatable bonds is 4. The van der Waals surface area contributed by atoms with Gasteiger partial charge < -0.3 is 15.2 Å². The van der Waals surface area contributed by atoms with E-state index in [0.717, 1.165) is 16.7 Å². The van der Waals surface area contributed by atoms with E-state index in [1.807, 2.05) is 39.0 Å². The van der Waals surface area contributed by atoms with Gasteiger partial charge in [-0.1, -0.05) is 18.2 Å². The highest BCUT2D eigenvalue weighted by molar-refractivity contribution is 5.93. The number of hydrogen-bond donors (Lipinski definition) is 2. The topological polar surface area (TPSA) is 58.6 Å². The van der Waals surface area contributed by atoms with E-state index in [9.17, 15) is 9.90 Å². The van der Waals surface area contributed by atoms with Gasteiger partial charge >= 0.3 is 0 Å². The summed E-state index contributed by atoms with van der Waals surface area (Å²) < 4.78 is 5.53. The van der Waals surface area contributed by atoms with Crippen LogP contribution in [0.4, 0.5) is 5.69 Å². The molecule has 0 aliphatic carbocycles. The molecule has 4 heteroatoms. The normalized spacial score (nSPS) is 10.2. The van der Waals surface area contributed by atoms with Crippen molar-refractivity contribution in [2.24, 2.45) is 0 Å². The zero-order chi connectivity index (χ0) is 15.4. The van der Waals surface area contributed by atoms with Crippen LogP contribution in [0, 0.1) is 20.8 Å². The molecule has 0 heterocycles. The predicted octanol–water partition coefficient (Wildman–Crippen LogP) is 3.33. The third-order valence-electron chi connectivity index (χ3n) is 3.34. The number of nitrogens with one attached hydrogen (secondary N) is 1. The van der Waals surface area contributed by atoms with Crippen LogP contribution in [0.5, 0.6) is 11.5 Å². The molecule has 0 aromatic heterocycles. The lowest BCUT2D eigenvalue weighted by atomic mass is 10.1. The zero-order valence-corrected chi connectivity index (χ0v) is 12.4. The van der Waals surface area contributed by atoms with Gasteiger partial charge in [0.1, 0.15) is 11.5 Å². The lowest BCUT2D eigenvalue weighted by Crippen LogP contribution is -2.20. The molecule has 4 nitrogen and oxygen atoms in total. The molecule has 0 saturated carbocycles. The van der Waals surface area contributed by atoms with Gasteiger partial charge in [0.2, 0.25) is 0 Å². The first kappa shape index (κ1) is 14.9. The molecule has 2 aromatic carbocycles. The minimum atomic E-state index is -0.309. The smallest absolute Gasteiger partial charge is 0.262 e. The van der Waals surface area contributed by atoms with Crippen LogP contribution in [-0.4, -0.2) is 17.6 Å². The van der Waals surface area contributed by atoms with Crippen LogP contribution < -0.4 is 10.1 Å². The standard InChI is InChI=1S/C17H19NO3/c1-11-7-8-15(19)14(9-11)18-17(20)10-21-16-6-4-5-12(2)13(16)3/h4-9,19H,10H2,1-3H3,(H,18,20). The molecule has 2 N–H and O–H groups in total. The molecular weight excluding hydrogens is 266 g/mol. The molecule has 0 bridgehead atoms. The maximum absolute atomic E-state index is 11.9. The molecule has 0 fully saturated rings. The first-order valence-electron chi connectivity index (χ1n) is 6.76. The molecule has 21 heavy (non-hydrogen) atoms. The average Bonchev–Trinajstić information content (AvgIpc) is 2.44. The van der Waals surface area contributed by atoms with Crippen molar-refractivity contribution in [3.8, 4) is 11.5 Å². The van der Waals surface area contributed by atoms with E-state index in [0.29, 0.717) is 11.4 Å². The van der Waals surface area contributed by atoms with E-state index in [1.54, 1.807) is 18.2 Å². The summed E-state index contributed by atoms with van der Waals surface area (Å²) in [4.78, 5) is 11.9. The molecule has 0 unspecified atom stereocenters. The SMILES string of the molecule is Cc1ccc(O)c(NC(=O)COc2cccc(C)c2C)c1. The van der Waals surface area contributed by atoms with E-state index in [1.165, 1.54) is 0 Å². The summed E-state index contributed by atoms with van der Waals surface area (Å²) in [5.41, 5.74) is 3.48. The van der Waals surface area contributed by atoms with Gasteiger partial charge in [0.15, 0.2) is 6.61 Å². The van der Waals surface area contributed by atoms with E-state index in [4.69, 9.17) is 4.74 Å². The molecule has 1 amide bonds. The Balaban J connectivity index is 1.99. The first-order valence-corrected chi connectivity index (χ1v) is 6.76. The molecule has 2 rings (SSSR count). The Morgan fingerprint density at radius 3 is 2.71 bits per heavy atom. The lowest BCUT2D eigenvalue weighted by molar-refractivity contribution is -0.118. The van der Waals surface area contributed by atoms with E-state index >= 15 is 0 Å². The fourth-order valence-electron chi connectivity index (χ4n) is 1.96. The van der Waals surface area contributed by atoms with Crippen LogP contribution in [0.2, 0.25) is 0 Å². The van der Waals surface area contributed by atoms with Gasteiger partial charge in [-0.2, -0.15) is 0 Å². The van der Waals surface area contributed by atoms with Gasteiger partial charge in [0, 0.05) is 0 Å². The molecule has 2 aromatic rings. The quantitative estimate of drug-likeness (QED) is 0.847. The minimum absolute atomic E-state index is 0.0423. The Bertz CT molecular complexity index is 665. The van der Waals surface area contributed by atoms with Gasteiger partial charge in [-0.3, -0.25) is 4.79 Å². The summed E-state index contributed by atoms with van der Waals surface area (Å²) in [6.45, 7) is 5.74. The maximum Gasteiger partial charge on any atom is 0.262 e. The first-order chi connectivity index (χ1) is 9.97. The van der Waals surface area contributed by atoms with Crippen molar-refractivity contribution < 1.29 is 14.6 Å². The van der Waals surface area contributed by atoms with Crippen LogP contribution in [0.1, 0.15) is 16.7 Å². The molecule has 0 spiro atoms. The van der Waals surface area contributed by atoms with Crippen molar-refractivity contribution in [2.75, 3.05) is 11.9 Å². The highest BCUT2D eigenvalue weighted by atomic mass is 16.5. The highest BCUT2D eigenvalue weighted by Gasteiger charge is 2.09. The van der Waals surface area contributed by atoms with Crippen molar-refractivity contribution in [3.05, 3.63) is 53.1 Å². The molecule has 110 valence electrons. The fraction of sp³-hybridized carbons (Fsp3) is 0.235. The Hall–Kier alpha value is -2.49. The van der Waals surface area contributed by atoms with Gasteiger partial charge in [-0.05, 0) is 55.7 Å². The van der Waals surface area contributed by atoms with Crippen molar-refractivity contribution in [1.82, 2.24) is 0 Å². The summed E-state index contributed by atoms with van der Waals surface area (Å²) in [5, 5.41) is 12.3. The third kappa shape index (κ3) is 3.75. The molecular formula is C17H19NO3. The number of aromatic hydroxyl groups is 1. The second-order valence-corrected chi connectivity index (χ2v) is 5.06. The molecule has 0 aliphatic heterocycles. The van der Waals surface area contributed by atoms with E-state index in [2.05, 4.69) is 5.32 Å². The van der Waals surface area contributed by atoms with Crippen LogP contribution in [0.25, 0.3) is 0 Å². The molecule has 0 aliphatic rings. The number of carbonyl (C=O) groups is 1. The molecule has 0 saturated heterocycles. The number of anilines is 1. The Kier molecular flexibility index (Phi) is 4.48. The Labute approximate surface area is 124 Å². The predicted molar refractivity (Wildman–Crippen MR) is 82.9 cm³/mol. The zero-order valence-electron chi connectivity index (χ0n) is 12.4. The van der Waals surface area contributed by atoms with Crippen molar-refractivity contribution >= 4 is 11.6 Å². The number of aryl methyl sites for hydroxylation is 2. The van der Waals surface area contributed by atoms with Gasteiger partial charge in [-0.25, -0.2) is 0 Å². The number of benzene rings is 2. The Morgan fingerprint density at radius 2 is 1.95 bits per heavy atom. The third-order valence-corrected chi connectivity index (χ3v) is 3.34. The summed E-state index contributed by atoms with van der Waals surface area (Å²) >= 11 is 0. The second kappa shape index (κ2) is 6.31. The van der Waals surface area contributed by atoms with Crippen LogP contribution >= 0.6 is 0 Å². The van der Waals surface area contributed by atoms with Crippen LogP contribution in [0.15, 0.2) is 36.4 Å². The number of phenolic OH excluding ortho intramolecular Hbond substituents is 1. The largest absolute Gasteiger partial charge is 0.506 e. The summed E-state index contributed by atoms with van der Waals surface area (Å²) in [5.74, 6) is 0.427. The fourth-order valence-corrected chi connectivity index (χ4v) is 1.96. The number of phenols is 1. The van der Waals surface area contributed by atoms with Crippen LogP contribution in [0.3, 0.4) is 0 Å². The number of hydrogen-bond acceptors (Lipinski definition) is 3. The van der Waals surface area contributed by atoms with Gasteiger partial charge in [0.05, 0.1) is 5.69 Å². The van der Waals surface area contributed by atoms with Crippen molar-refractivity contribution in [2.45, 2.75) is 20.8 Å². The van der Waals surface area contributed by atoms with Gasteiger partial charge in [0.25, 0.3) is 5.91 Å². The summed E-state index contributed by atoms with van der Waals surface area (Å²) in [6.07, 6.45) is 0. The minimum Gasteiger partial charge on any atom is -0.506 e. The Morgan fingerprint density at radius 1 is 1.19 bits per heavy atom. The van der Waals surface area contributed by atoms with E-state index < -0.39 is 0 Å². The second-order valence-electron chi connectivity index (χ2n) is 5.06. The monoisotopic (exact) mass is 285 g/mol. The van der Waals surface area contributed by atoms with Gasteiger partial charge in [-0.15, -0.1) is 0 Å². The number of amides is 1. The number of carbonyl (C=O) groups excluding carboxylic acids is 1. The van der Waals surface area contributed by atoms with Crippen molar-refractivity contribution in [1.29, 1.82) is 0 Å². The number of ether oxygens (including phenoxy) is 1. The highest BCUT2D eigenvalue weighted by Crippen LogP contribution is 2.24. The summed E-state index contributed by atoms with van der Waals surface area (Å²) in [6, 6.07) is 10.8. The molecule has 0 radical (unpaired) electrons. The van der Waals surface area contributed by atoms with E-state index in [-0.39, 0.29) is 18.3 Å².